The fourth-order valence-electron chi connectivity index (χ4n) is 1.49. The second kappa shape index (κ2) is 7.74. The molecule has 0 aliphatic heterocycles. The molecule has 0 amide bonds. The summed E-state index contributed by atoms with van der Waals surface area (Å²) in [4.78, 5) is 11.4. The number of esters is 1. The zero-order chi connectivity index (χ0) is 14.3. The van der Waals surface area contributed by atoms with Crippen molar-refractivity contribution < 1.29 is 23.8 Å². The molecule has 0 fully saturated rings. The van der Waals surface area contributed by atoms with Crippen molar-refractivity contribution in [3.8, 4) is 5.75 Å². The molecule has 0 aromatic heterocycles. The minimum Gasteiger partial charge on any atom is -0.482 e. The molecule has 0 aliphatic carbocycles. The summed E-state index contributed by atoms with van der Waals surface area (Å²) in [7, 11) is 0. The third-order valence-corrected chi connectivity index (χ3v) is 2.53. The normalized spacial score (nSPS) is 12.0. The molecule has 1 aromatic rings. The lowest BCUT2D eigenvalue weighted by Crippen LogP contribution is -2.16. The molecule has 0 bridgehead atoms. The maximum absolute atomic E-state index is 13.1. The number of carbonyl (C=O) groups is 1. The van der Waals surface area contributed by atoms with E-state index in [1.54, 1.807) is 0 Å². The Morgan fingerprint density at radius 1 is 1.47 bits per heavy atom. The Morgan fingerprint density at radius 3 is 2.84 bits per heavy atom. The molecule has 0 heterocycles. The smallest absolute Gasteiger partial charge is 0.344 e. The predicted molar refractivity (Wildman–Crippen MR) is 68.4 cm³/mol. The van der Waals surface area contributed by atoms with Gasteiger partial charge in [0.05, 0.1) is 12.7 Å². The molecule has 106 valence electrons. The highest BCUT2D eigenvalue weighted by Gasteiger charge is 2.12. The molecule has 0 spiro atoms. The molecule has 1 aromatic carbocycles. The van der Waals surface area contributed by atoms with Crippen LogP contribution in [0.5, 0.6) is 5.75 Å². The van der Waals surface area contributed by atoms with Gasteiger partial charge in [0.15, 0.2) is 6.61 Å². The third-order valence-electron chi connectivity index (χ3n) is 2.53. The Balaban J connectivity index is 2.55. The monoisotopic (exact) mass is 270 g/mol. The van der Waals surface area contributed by atoms with E-state index in [1.807, 2.05) is 6.92 Å². The van der Waals surface area contributed by atoms with Gasteiger partial charge in [-0.3, -0.25) is 0 Å². The molecule has 1 rings (SSSR count). The first-order valence-corrected chi connectivity index (χ1v) is 6.30. The van der Waals surface area contributed by atoms with Crippen LogP contribution in [0.15, 0.2) is 18.2 Å². The molecular weight excluding hydrogens is 251 g/mol. The Kier molecular flexibility index (Phi) is 6.29. The van der Waals surface area contributed by atoms with Gasteiger partial charge < -0.3 is 14.6 Å². The van der Waals surface area contributed by atoms with E-state index in [2.05, 4.69) is 0 Å². The predicted octanol–water partition coefficient (Wildman–Crippen LogP) is 2.60. The van der Waals surface area contributed by atoms with Crippen molar-refractivity contribution in [3.63, 3.8) is 0 Å². The number of carbonyl (C=O) groups excluding carboxylic acids is 1. The molecular formula is C14H19FO4. The Labute approximate surface area is 112 Å². The van der Waals surface area contributed by atoms with Gasteiger partial charge in [-0.15, -0.1) is 0 Å². The molecule has 1 N–H and O–H groups in total. The van der Waals surface area contributed by atoms with Crippen molar-refractivity contribution in [2.24, 2.45) is 0 Å². The van der Waals surface area contributed by atoms with E-state index in [0.717, 1.165) is 12.8 Å². The number of hydrogen-bond donors (Lipinski definition) is 1. The van der Waals surface area contributed by atoms with Gasteiger partial charge in [-0.25, -0.2) is 9.18 Å². The summed E-state index contributed by atoms with van der Waals surface area (Å²) in [5.74, 6) is -0.660. The van der Waals surface area contributed by atoms with Crippen molar-refractivity contribution in [3.05, 3.63) is 29.6 Å². The first-order valence-electron chi connectivity index (χ1n) is 6.30. The van der Waals surface area contributed by atoms with Crippen LogP contribution in [-0.2, 0) is 9.53 Å². The quantitative estimate of drug-likeness (QED) is 0.611. The summed E-state index contributed by atoms with van der Waals surface area (Å²) in [6.45, 7) is 3.61. The highest BCUT2D eigenvalue weighted by atomic mass is 19.1. The number of aliphatic hydroxyl groups excluding tert-OH is 1. The largest absolute Gasteiger partial charge is 0.482 e. The Hall–Kier alpha value is -1.62. The van der Waals surface area contributed by atoms with Gasteiger partial charge in [0.25, 0.3) is 0 Å². The first kappa shape index (κ1) is 15.4. The average molecular weight is 270 g/mol. The number of unbranched alkanes of at least 4 members (excludes halogenated alkanes) is 1. The second-order valence-corrected chi connectivity index (χ2v) is 4.22. The van der Waals surface area contributed by atoms with Gasteiger partial charge in [-0.2, -0.15) is 0 Å². The summed E-state index contributed by atoms with van der Waals surface area (Å²) < 4.78 is 23.2. The Morgan fingerprint density at radius 2 is 2.21 bits per heavy atom. The van der Waals surface area contributed by atoms with Crippen LogP contribution in [0, 0.1) is 5.82 Å². The molecule has 0 radical (unpaired) electrons. The van der Waals surface area contributed by atoms with Gasteiger partial charge in [0.2, 0.25) is 0 Å². The van der Waals surface area contributed by atoms with E-state index in [-0.39, 0.29) is 12.4 Å². The van der Waals surface area contributed by atoms with Gasteiger partial charge in [0, 0.05) is 5.56 Å². The number of ether oxygens (including phenoxy) is 2. The lowest BCUT2D eigenvalue weighted by Gasteiger charge is -2.13. The van der Waals surface area contributed by atoms with Crippen LogP contribution in [0.4, 0.5) is 4.39 Å². The molecule has 0 saturated heterocycles. The van der Waals surface area contributed by atoms with E-state index in [1.165, 1.54) is 25.1 Å². The SMILES string of the molecule is CCCCOC(=O)COc1ccc(F)cc1[C@@H](C)O. The summed E-state index contributed by atoms with van der Waals surface area (Å²) >= 11 is 0. The van der Waals surface area contributed by atoms with Crippen LogP contribution >= 0.6 is 0 Å². The zero-order valence-electron chi connectivity index (χ0n) is 11.2. The molecule has 1 atom stereocenters. The summed E-state index contributed by atoms with van der Waals surface area (Å²) in [5.41, 5.74) is 0.307. The highest BCUT2D eigenvalue weighted by Crippen LogP contribution is 2.25. The molecule has 19 heavy (non-hydrogen) atoms. The van der Waals surface area contributed by atoms with Gasteiger partial charge in [0.1, 0.15) is 11.6 Å². The van der Waals surface area contributed by atoms with Crippen molar-refractivity contribution in [2.45, 2.75) is 32.8 Å². The summed E-state index contributed by atoms with van der Waals surface area (Å²) in [6.07, 6.45) is 0.876. The number of rotatable bonds is 7. The lowest BCUT2D eigenvalue weighted by atomic mass is 10.1. The maximum atomic E-state index is 13.1. The molecule has 5 heteroatoms. The topological polar surface area (TPSA) is 55.8 Å². The standard InChI is InChI=1S/C14H19FO4/c1-3-4-7-18-14(17)9-19-13-6-5-11(15)8-12(13)10(2)16/h5-6,8,10,16H,3-4,7,9H2,1-2H3/t10-/m1/s1. The zero-order valence-corrected chi connectivity index (χ0v) is 11.2. The van der Waals surface area contributed by atoms with Gasteiger partial charge in [-0.05, 0) is 31.5 Å². The minimum atomic E-state index is -0.873. The van der Waals surface area contributed by atoms with Crippen LogP contribution in [0.1, 0.15) is 38.4 Å². The summed E-state index contributed by atoms with van der Waals surface area (Å²) in [5, 5.41) is 9.50. The van der Waals surface area contributed by atoms with Gasteiger partial charge >= 0.3 is 5.97 Å². The number of halogens is 1. The number of hydrogen-bond acceptors (Lipinski definition) is 4. The van der Waals surface area contributed by atoms with E-state index in [0.29, 0.717) is 12.2 Å². The molecule has 0 saturated carbocycles. The van der Waals surface area contributed by atoms with E-state index < -0.39 is 17.9 Å². The van der Waals surface area contributed by atoms with E-state index in [4.69, 9.17) is 9.47 Å². The molecule has 0 aliphatic rings. The third kappa shape index (κ3) is 5.26. The average Bonchev–Trinajstić information content (AvgIpc) is 2.37. The Bertz CT molecular complexity index is 418. The van der Waals surface area contributed by atoms with Crippen LogP contribution in [0.25, 0.3) is 0 Å². The fraction of sp³-hybridized carbons (Fsp3) is 0.500. The second-order valence-electron chi connectivity index (χ2n) is 4.22. The van der Waals surface area contributed by atoms with Gasteiger partial charge in [-0.1, -0.05) is 13.3 Å². The highest BCUT2D eigenvalue weighted by molar-refractivity contribution is 5.71. The van der Waals surface area contributed by atoms with Crippen molar-refractivity contribution in [1.82, 2.24) is 0 Å². The fourth-order valence-corrected chi connectivity index (χ4v) is 1.49. The van der Waals surface area contributed by atoms with Crippen molar-refractivity contribution in [1.29, 1.82) is 0 Å². The molecule has 0 unspecified atom stereocenters. The lowest BCUT2D eigenvalue weighted by molar-refractivity contribution is -0.146. The summed E-state index contributed by atoms with van der Waals surface area (Å²) in [6, 6.07) is 3.78. The van der Waals surface area contributed by atoms with E-state index >= 15 is 0 Å². The van der Waals surface area contributed by atoms with Crippen molar-refractivity contribution >= 4 is 5.97 Å². The number of aliphatic hydroxyl groups is 1. The molecule has 4 nitrogen and oxygen atoms in total. The first-order chi connectivity index (χ1) is 9.04. The van der Waals surface area contributed by atoms with Crippen LogP contribution in [0.2, 0.25) is 0 Å². The van der Waals surface area contributed by atoms with Crippen LogP contribution in [0.3, 0.4) is 0 Å². The van der Waals surface area contributed by atoms with E-state index in [9.17, 15) is 14.3 Å². The van der Waals surface area contributed by atoms with Crippen LogP contribution in [-0.4, -0.2) is 24.3 Å². The maximum Gasteiger partial charge on any atom is 0.344 e. The minimum absolute atomic E-state index is 0.255. The number of benzene rings is 1. The van der Waals surface area contributed by atoms with Crippen LogP contribution < -0.4 is 4.74 Å². The van der Waals surface area contributed by atoms with Crippen molar-refractivity contribution in [2.75, 3.05) is 13.2 Å².